The van der Waals surface area contributed by atoms with Gasteiger partial charge in [0.05, 0.1) is 4.90 Å². The molecule has 1 saturated carbocycles. The molecule has 104 valence electrons. The number of anilines is 1. The third-order valence-electron chi connectivity index (χ3n) is 3.93. The van der Waals surface area contributed by atoms with Gasteiger partial charge < -0.3 is 5.32 Å². The molecule has 4 nitrogen and oxygen atoms in total. The smallest absolute Gasteiger partial charge is 0.240 e. The second-order valence-electron chi connectivity index (χ2n) is 5.21. The maximum Gasteiger partial charge on any atom is 0.240 e. The second kappa shape index (κ2) is 4.68. The van der Waals surface area contributed by atoms with E-state index in [4.69, 9.17) is 0 Å². The van der Waals surface area contributed by atoms with E-state index in [0.29, 0.717) is 11.4 Å². The minimum Gasteiger partial charge on any atom is -0.384 e. The molecule has 1 heterocycles. The summed E-state index contributed by atoms with van der Waals surface area (Å²) in [5.74, 6) is 0. The molecule has 0 atom stereocenters. The van der Waals surface area contributed by atoms with Gasteiger partial charge in [-0.15, -0.1) is 0 Å². The molecular weight excluding hydrogens is 280 g/mol. The zero-order valence-corrected chi connectivity index (χ0v) is 12.5. The van der Waals surface area contributed by atoms with Crippen LogP contribution in [0.5, 0.6) is 0 Å². The Kier molecular flexibility index (Phi) is 3.27. The summed E-state index contributed by atoms with van der Waals surface area (Å²) >= 11 is 1.75. The van der Waals surface area contributed by atoms with Crippen molar-refractivity contribution in [1.82, 2.24) is 4.72 Å². The van der Waals surface area contributed by atoms with Crippen LogP contribution in [0, 0.1) is 0 Å². The molecule has 1 fully saturated rings. The van der Waals surface area contributed by atoms with Crippen molar-refractivity contribution < 1.29 is 8.42 Å². The Hall–Kier alpha value is -0.720. The fraction of sp³-hybridized carbons (Fsp3) is 0.538. The van der Waals surface area contributed by atoms with E-state index in [-0.39, 0.29) is 4.75 Å². The van der Waals surface area contributed by atoms with E-state index >= 15 is 0 Å². The Labute approximate surface area is 118 Å². The van der Waals surface area contributed by atoms with Crippen LogP contribution in [0.1, 0.15) is 18.4 Å². The molecule has 0 saturated heterocycles. The summed E-state index contributed by atoms with van der Waals surface area (Å²) in [6.45, 7) is 1.42. The predicted molar refractivity (Wildman–Crippen MR) is 79.3 cm³/mol. The van der Waals surface area contributed by atoms with Crippen molar-refractivity contribution >= 4 is 27.5 Å². The average Bonchev–Trinajstić information content (AvgIpc) is 3.05. The maximum absolute atomic E-state index is 12.3. The van der Waals surface area contributed by atoms with Gasteiger partial charge in [0.2, 0.25) is 10.0 Å². The minimum atomic E-state index is -3.39. The highest BCUT2D eigenvalue weighted by atomic mass is 32.2. The quantitative estimate of drug-likeness (QED) is 0.871. The van der Waals surface area contributed by atoms with Gasteiger partial charge in [0.15, 0.2) is 0 Å². The lowest BCUT2D eigenvalue weighted by molar-refractivity contribution is 0.580. The van der Waals surface area contributed by atoms with Crippen molar-refractivity contribution in [2.24, 2.45) is 0 Å². The van der Waals surface area contributed by atoms with Crippen molar-refractivity contribution in [3.63, 3.8) is 0 Å². The van der Waals surface area contributed by atoms with Crippen LogP contribution >= 0.6 is 11.8 Å². The molecule has 0 unspecified atom stereocenters. The van der Waals surface area contributed by atoms with Gasteiger partial charge in [-0.25, -0.2) is 13.1 Å². The number of hydrogen-bond acceptors (Lipinski definition) is 4. The van der Waals surface area contributed by atoms with Crippen LogP contribution in [-0.2, 0) is 16.4 Å². The monoisotopic (exact) mass is 298 g/mol. The van der Waals surface area contributed by atoms with E-state index in [9.17, 15) is 8.42 Å². The molecule has 1 aromatic carbocycles. The van der Waals surface area contributed by atoms with Crippen LogP contribution in [-0.4, -0.2) is 32.5 Å². The first-order chi connectivity index (χ1) is 9.05. The first kappa shape index (κ1) is 13.3. The van der Waals surface area contributed by atoms with Gasteiger partial charge in [0, 0.05) is 23.5 Å². The Bertz CT molecular complexity index is 595. The molecule has 0 amide bonds. The molecule has 1 aliphatic carbocycles. The van der Waals surface area contributed by atoms with E-state index < -0.39 is 10.0 Å². The first-order valence-corrected chi connectivity index (χ1v) is 9.17. The van der Waals surface area contributed by atoms with Gasteiger partial charge in [-0.3, -0.25) is 0 Å². The molecular formula is C13H18N2O2S2. The lowest BCUT2D eigenvalue weighted by atomic mass is 10.2. The van der Waals surface area contributed by atoms with Crippen molar-refractivity contribution in [3.8, 4) is 0 Å². The number of thioether (sulfide) groups is 1. The molecule has 1 aromatic rings. The summed E-state index contributed by atoms with van der Waals surface area (Å²) in [7, 11) is -3.39. The second-order valence-corrected chi connectivity index (χ2v) is 8.25. The Morgan fingerprint density at radius 2 is 2.21 bits per heavy atom. The number of benzene rings is 1. The molecule has 2 N–H and O–H groups in total. The molecule has 0 aromatic heterocycles. The van der Waals surface area contributed by atoms with E-state index in [0.717, 1.165) is 31.5 Å². The highest BCUT2D eigenvalue weighted by Crippen LogP contribution is 2.46. The molecule has 19 heavy (non-hydrogen) atoms. The largest absolute Gasteiger partial charge is 0.384 e. The first-order valence-electron chi connectivity index (χ1n) is 6.46. The zero-order valence-electron chi connectivity index (χ0n) is 10.9. The predicted octanol–water partition coefficient (Wildman–Crippen LogP) is 1.83. The fourth-order valence-corrected chi connectivity index (χ4v) is 4.31. The summed E-state index contributed by atoms with van der Waals surface area (Å²) in [4.78, 5) is 0.359. The van der Waals surface area contributed by atoms with Crippen LogP contribution in [0.3, 0.4) is 0 Å². The number of sulfonamides is 1. The van der Waals surface area contributed by atoms with Crippen LogP contribution in [0.4, 0.5) is 5.69 Å². The highest BCUT2D eigenvalue weighted by Gasteiger charge is 2.42. The van der Waals surface area contributed by atoms with Crippen LogP contribution in [0.25, 0.3) is 0 Å². The van der Waals surface area contributed by atoms with Crippen molar-refractivity contribution in [2.75, 3.05) is 24.7 Å². The molecule has 0 bridgehead atoms. The molecule has 0 spiro atoms. The highest BCUT2D eigenvalue weighted by molar-refractivity contribution is 8.00. The molecule has 3 rings (SSSR count). The van der Waals surface area contributed by atoms with E-state index in [2.05, 4.69) is 10.0 Å². The van der Waals surface area contributed by atoms with Gasteiger partial charge >= 0.3 is 0 Å². The topological polar surface area (TPSA) is 58.2 Å². The van der Waals surface area contributed by atoms with Crippen molar-refractivity contribution in [2.45, 2.75) is 28.9 Å². The molecule has 1 aliphatic heterocycles. The lowest BCUT2D eigenvalue weighted by Gasteiger charge is -2.14. The third kappa shape index (κ3) is 2.61. The van der Waals surface area contributed by atoms with E-state index in [1.54, 1.807) is 23.9 Å². The summed E-state index contributed by atoms with van der Waals surface area (Å²) < 4.78 is 27.4. The molecule has 0 radical (unpaired) electrons. The summed E-state index contributed by atoms with van der Waals surface area (Å²) in [5, 5.41) is 3.21. The van der Waals surface area contributed by atoms with Crippen molar-refractivity contribution in [1.29, 1.82) is 0 Å². The van der Waals surface area contributed by atoms with Crippen molar-refractivity contribution in [3.05, 3.63) is 23.8 Å². The number of rotatable bonds is 5. The summed E-state index contributed by atoms with van der Waals surface area (Å²) in [5.41, 5.74) is 2.15. The minimum absolute atomic E-state index is 0.141. The third-order valence-corrected chi connectivity index (χ3v) is 6.74. The van der Waals surface area contributed by atoms with E-state index in [1.807, 2.05) is 12.3 Å². The summed E-state index contributed by atoms with van der Waals surface area (Å²) in [6.07, 6.45) is 5.21. The van der Waals surface area contributed by atoms with Gasteiger partial charge in [-0.05, 0) is 43.2 Å². The lowest BCUT2D eigenvalue weighted by Crippen LogP contribution is -2.31. The van der Waals surface area contributed by atoms with Crippen LogP contribution < -0.4 is 10.0 Å². The Morgan fingerprint density at radius 3 is 2.89 bits per heavy atom. The fourth-order valence-electron chi connectivity index (χ4n) is 2.34. The summed E-state index contributed by atoms with van der Waals surface area (Å²) in [6, 6.07) is 5.35. The Balaban J connectivity index is 1.76. The number of fused-ring (bicyclic) bond motifs is 1. The normalized spacial score (nSPS) is 19.8. The van der Waals surface area contributed by atoms with Gasteiger partial charge in [-0.2, -0.15) is 11.8 Å². The number of nitrogens with one attached hydrogen (secondary N) is 2. The Morgan fingerprint density at radius 1 is 1.42 bits per heavy atom. The average molecular weight is 298 g/mol. The number of hydrogen-bond donors (Lipinski definition) is 2. The van der Waals surface area contributed by atoms with E-state index in [1.165, 1.54) is 5.56 Å². The molecule has 6 heteroatoms. The van der Waals surface area contributed by atoms with Gasteiger partial charge in [0.1, 0.15) is 0 Å². The van der Waals surface area contributed by atoms with Crippen LogP contribution in [0.15, 0.2) is 23.1 Å². The SMILES string of the molecule is CSC1(CNS(=O)(=O)c2ccc3c(c2)NCC3)CC1. The maximum atomic E-state index is 12.3. The van der Waals surface area contributed by atoms with Crippen LogP contribution in [0.2, 0.25) is 0 Å². The molecule has 2 aliphatic rings. The van der Waals surface area contributed by atoms with Gasteiger partial charge in [-0.1, -0.05) is 6.07 Å². The standard InChI is InChI=1S/C13H18N2O2S2/c1-18-13(5-6-13)9-15-19(16,17)11-3-2-10-4-7-14-12(10)8-11/h2-3,8,14-15H,4-7,9H2,1H3. The zero-order chi connectivity index (χ0) is 13.5. The van der Waals surface area contributed by atoms with Gasteiger partial charge in [0.25, 0.3) is 0 Å².